The molecule has 0 saturated carbocycles. The van der Waals surface area contributed by atoms with Gasteiger partial charge in [0.15, 0.2) is 5.73 Å². The molecule has 0 aromatic heterocycles. The fraction of sp³-hybridized carbons (Fsp3) is 0.647. The summed E-state index contributed by atoms with van der Waals surface area (Å²) < 4.78 is 24.3. The fourth-order valence-corrected chi connectivity index (χ4v) is 5.26. The second kappa shape index (κ2) is 10.9. The number of hydrogen-bond acceptors (Lipinski definition) is 4. The molecule has 1 atom stereocenters. The van der Waals surface area contributed by atoms with Gasteiger partial charge in [-0.25, -0.2) is 0 Å². The minimum atomic E-state index is -2.95. The predicted octanol–water partition coefficient (Wildman–Crippen LogP) is 4.13. The van der Waals surface area contributed by atoms with E-state index in [4.69, 9.17) is 18.0 Å². The molecule has 0 N–H and O–H groups in total. The van der Waals surface area contributed by atoms with E-state index in [1.807, 2.05) is 30.3 Å². The van der Waals surface area contributed by atoms with Crippen molar-refractivity contribution in [2.45, 2.75) is 45.8 Å². The Morgan fingerprint density at radius 3 is 1.64 bits per heavy atom. The second-order valence-corrected chi connectivity index (χ2v) is 7.77. The van der Waals surface area contributed by atoms with E-state index >= 15 is 0 Å². The van der Waals surface area contributed by atoms with Crippen LogP contribution in [-0.2, 0) is 18.0 Å². The SMILES string of the molecule is CCCO[Si](OCCC)(OCCC)C(OC)c1ccccc1. The number of methoxy groups -OCH3 is 1. The number of hydrogen-bond donors (Lipinski definition) is 0. The Kier molecular flexibility index (Phi) is 9.59. The van der Waals surface area contributed by atoms with Gasteiger partial charge < -0.3 is 18.0 Å². The monoisotopic (exact) mass is 326 g/mol. The Hall–Kier alpha value is -0.723. The Balaban J connectivity index is 3.10. The molecule has 0 aliphatic rings. The second-order valence-electron chi connectivity index (χ2n) is 5.18. The highest BCUT2D eigenvalue weighted by molar-refractivity contribution is 6.62. The number of benzene rings is 1. The van der Waals surface area contributed by atoms with Crippen LogP contribution in [0, 0.1) is 0 Å². The van der Waals surface area contributed by atoms with Gasteiger partial charge in [-0.2, -0.15) is 0 Å². The summed E-state index contributed by atoms with van der Waals surface area (Å²) in [6, 6.07) is 10.1. The Bertz CT molecular complexity index is 364. The van der Waals surface area contributed by atoms with Crippen LogP contribution in [0.3, 0.4) is 0 Å². The summed E-state index contributed by atoms with van der Waals surface area (Å²) in [6.07, 6.45) is 2.76. The number of rotatable bonds is 12. The third kappa shape index (κ3) is 5.48. The van der Waals surface area contributed by atoms with Crippen LogP contribution in [0.4, 0.5) is 0 Å². The largest absolute Gasteiger partial charge is 0.536 e. The molecule has 0 aliphatic carbocycles. The van der Waals surface area contributed by atoms with Crippen LogP contribution in [0.2, 0.25) is 0 Å². The van der Waals surface area contributed by atoms with Crippen LogP contribution in [0.15, 0.2) is 30.3 Å². The van der Waals surface area contributed by atoms with E-state index in [1.165, 1.54) is 0 Å². The van der Waals surface area contributed by atoms with E-state index in [2.05, 4.69) is 20.8 Å². The zero-order valence-corrected chi connectivity index (χ0v) is 15.3. The van der Waals surface area contributed by atoms with Gasteiger partial charge in [-0.05, 0) is 24.8 Å². The molecule has 0 spiro atoms. The van der Waals surface area contributed by atoms with Crippen LogP contribution in [-0.4, -0.2) is 35.7 Å². The predicted molar refractivity (Wildman–Crippen MR) is 90.7 cm³/mol. The van der Waals surface area contributed by atoms with Crippen molar-refractivity contribution in [1.29, 1.82) is 0 Å². The van der Waals surface area contributed by atoms with Crippen molar-refractivity contribution in [3.05, 3.63) is 35.9 Å². The molecule has 0 heterocycles. The van der Waals surface area contributed by atoms with Crippen molar-refractivity contribution in [3.63, 3.8) is 0 Å². The van der Waals surface area contributed by atoms with Gasteiger partial charge in [-0.15, -0.1) is 0 Å². The minimum Gasteiger partial charge on any atom is -0.372 e. The summed E-state index contributed by atoms with van der Waals surface area (Å²) in [5, 5.41) is 0. The maximum Gasteiger partial charge on any atom is 0.536 e. The van der Waals surface area contributed by atoms with Crippen molar-refractivity contribution >= 4 is 8.80 Å². The molecule has 0 amide bonds. The molecule has 0 fully saturated rings. The molecular weight excluding hydrogens is 296 g/mol. The minimum absolute atomic E-state index is 0.293. The Morgan fingerprint density at radius 1 is 0.818 bits per heavy atom. The maximum absolute atomic E-state index is 6.16. The molecule has 5 heteroatoms. The third-order valence-corrected chi connectivity index (χ3v) is 6.21. The topological polar surface area (TPSA) is 36.9 Å². The summed E-state index contributed by atoms with van der Waals surface area (Å²) in [4.78, 5) is 0. The van der Waals surface area contributed by atoms with Crippen molar-refractivity contribution in [2.24, 2.45) is 0 Å². The first-order valence-electron chi connectivity index (χ1n) is 8.23. The van der Waals surface area contributed by atoms with Gasteiger partial charge in [-0.3, -0.25) is 0 Å². The smallest absolute Gasteiger partial charge is 0.372 e. The molecule has 0 bridgehead atoms. The summed E-state index contributed by atoms with van der Waals surface area (Å²) in [5.41, 5.74) is 0.748. The van der Waals surface area contributed by atoms with E-state index in [9.17, 15) is 0 Å². The van der Waals surface area contributed by atoms with Gasteiger partial charge in [0.05, 0.1) is 0 Å². The van der Waals surface area contributed by atoms with E-state index in [1.54, 1.807) is 7.11 Å². The van der Waals surface area contributed by atoms with Crippen LogP contribution >= 0.6 is 0 Å². The van der Waals surface area contributed by atoms with Crippen LogP contribution in [0.25, 0.3) is 0 Å². The summed E-state index contributed by atoms with van der Waals surface area (Å²) in [5.74, 6) is 0. The molecular formula is C17H30O4Si. The van der Waals surface area contributed by atoms with Gasteiger partial charge in [0.2, 0.25) is 0 Å². The van der Waals surface area contributed by atoms with Gasteiger partial charge in [0.1, 0.15) is 0 Å². The first-order valence-corrected chi connectivity index (χ1v) is 10.0. The van der Waals surface area contributed by atoms with E-state index in [-0.39, 0.29) is 5.73 Å². The molecule has 0 saturated heterocycles. The van der Waals surface area contributed by atoms with E-state index in [0.717, 1.165) is 24.8 Å². The third-order valence-electron chi connectivity index (χ3n) is 3.18. The molecule has 1 rings (SSSR count). The highest BCUT2D eigenvalue weighted by atomic mass is 28.4. The molecule has 0 radical (unpaired) electrons. The highest BCUT2D eigenvalue weighted by Crippen LogP contribution is 2.31. The molecule has 1 aromatic carbocycles. The molecule has 1 unspecified atom stereocenters. The average Bonchev–Trinajstić information content (AvgIpc) is 2.57. The fourth-order valence-electron chi connectivity index (χ4n) is 2.20. The Labute approximate surface area is 136 Å². The van der Waals surface area contributed by atoms with Crippen molar-refractivity contribution in [3.8, 4) is 0 Å². The lowest BCUT2D eigenvalue weighted by Crippen LogP contribution is -2.53. The maximum atomic E-state index is 6.16. The zero-order valence-electron chi connectivity index (χ0n) is 14.3. The van der Waals surface area contributed by atoms with Crippen LogP contribution in [0.1, 0.15) is 51.3 Å². The van der Waals surface area contributed by atoms with Crippen molar-refractivity contribution < 1.29 is 18.0 Å². The molecule has 22 heavy (non-hydrogen) atoms. The van der Waals surface area contributed by atoms with Crippen LogP contribution < -0.4 is 0 Å². The van der Waals surface area contributed by atoms with Gasteiger partial charge in [0.25, 0.3) is 0 Å². The first kappa shape index (κ1) is 19.3. The van der Waals surface area contributed by atoms with E-state index < -0.39 is 8.80 Å². The van der Waals surface area contributed by atoms with Gasteiger partial charge >= 0.3 is 8.80 Å². The lowest BCUT2D eigenvalue weighted by atomic mass is 10.2. The average molecular weight is 327 g/mol. The van der Waals surface area contributed by atoms with Gasteiger partial charge in [0, 0.05) is 26.9 Å². The standard InChI is InChI=1S/C17H30O4Si/c1-5-13-19-22(20-14-6-2,21-15-7-3)17(18-4)16-11-9-8-10-12-16/h8-12,17H,5-7,13-15H2,1-4H3. The highest BCUT2D eigenvalue weighted by Gasteiger charge is 2.51. The molecule has 4 nitrogen and oxygen atoms in total. The van der Waals surface area contributed by atoms with Crippen molar-refractivity contribution in [1.82, 2.24) is 0 Å². The first-order chi connectivity index (χ1) is 10.7. The molecule has 1 aromatic rings. The number of ether oxygens (including phenoxy) is 1. The summed E-state index contributed by atoms with van der Waals surface area (Å²) in [6.45, 7) is 8.11. The zero-order chi connectivity index (χ0) is 16.3. The Morgan fingerprint density at radius 2 is 1.27 bits per heavy atom. The lowest BCUT2D eigenvalue weighted by Gasteiger charge is -2.35. The van der Waals surface area contributed by atoms with Crippen molar-refractivity contribution in [2.75, 3.05) is 26.9 Å². The normalized spacial score (nSPS) is 13.3. The quantitative estimate of drug-likeness (QED) is 0.541. The lowest BCUT2D eigenvalue weighted by molar-refractivity contribution is -0.00149. The van der Waals surface area contributed by atoms with Gasteiger partial charge in [-0.1, -0.05) is 51.1 Å². The summed E-state index contributed by atoms with van der Waals surface area (Å²) >= 11 is 0. The van der Waals surface area contributed by atoms with E-state index in [0.29, 0.717) is 19.8 Å². The van der Waals surface area contributed by atoms with Crippen LogP contribution in [0.5, 0.6) is 0 Å². The molecule has 0 aliphatic heterocycles. The molecule has 126 valence electrons. The summed E-state index contributed by atoms with van der Waals surface area (Å²) in [7, 11) is -1.26.